The summed E-state index contributed by atoms with van der Waals surface area (Å²) in [5, 5.41) is 0. The van der Waals surface area contributed by atoms with E-state index in [1.54, 1.807) is 0 Å². The Morgan fingerprint density at radius 2 is 1.37 bits per heavy atom. The van der Waals surface area contributed by atoms with Gasteiger partial charge < -0.3 is 9.80 Å². The molecule has 2 rings (SSSR count). The van der Waals surface area contributed by atoms with Crippen LogP contribution in [0.3, 0.4) is 0 Å². The van der Waals surface area contributed by atoms with Gasteiger partial charge in [0.2, 0.25) is 0 Å². The van der Waals surface area contributed by atoms with E-state index in [0.29, 0.717) is 0 Å². The number of nitrogens with zero attached hydrogens (tertiary/aromatic N) is 2. The Morgan fingerprint density at radius 1 is 0.842 bits per heavy atom. The lowest BCUT2D eigenvalue weighted by molar-refractivity contribution is 0.159. The van der Waals surface area contributed by atoms with E-state index in [9.17, 15) is 0 Å². The number of piperidine rings is 1. The van der Waals surface area contributed by atoms with E-state index in [0.717, 1.165) is 11.8 Å². The van der Waals surface area contributed by atoms with Crippen LogP contribution in [0.4, 0.5) is 0 Å². The smallest absolute Gasteiger partial charge is 0.00224 e. The first kappa shape index (κ1) is 18.9. The number of hydrogen-bond acceptors (Lipinski definition) is 2. The van der Waals surface area contributed by atoms with Crippen molar-refractivity contribution in [1.29, 1.82) is 0 Å². The summed E-state index contributed by atoms with van der Waals surface area (Å²) in [5.41, 5.74) is 0. The molecule has 0 N–H and O–H groups in total. The zero-order valence-electron chi connectivity index (χ0n) is 14.4. The second kappa shape index (κ2) is 11.7. The molecule has 0 radical (unpaired) electrons. The maximum absolute atomic E-state index is 2.70. The molecule has 2 heteroatoms. The Bertz CT molecular complexity index is 186. The Balaban J connectivity index is 0.000000741. The fourth-order valence-electron chi connectivity index (χ4n) is 3.12. The summed E-state index contributed by atoms with van der Waals surface area (Å²) >= 11 is 0. The van der Waals surface area contributed by atoms with Crippen LogP contribution < -0.4 is 0 Å². The monoisotopic (exact) mass is 270 g/mol. The molecule has 0 aliphatic carbocycles. The summed E-state index contributed by atoms with van der Waals surface area (Å²) in [6.07, 6.45) is 5.70. The van der Waals surface area contributed by atoms with Crippen molar-refractivity contribution in [2.75, 3.05) is 39.8 Å². The maximum atomic E-state index is 2.70. The normalized spacial score (nSPS) is 25.3. The van der Waals surface area contributed by atoms with Crippen molar-refractivity contribution in [1.82, 2.24) is 9.80 Å². The molecule has 19 heavy (non-hydrogen) atoms. The molecule has 2 saturated heterocycles. The van der Waals surface area contributed by atoms with Crippen molar-refractivity contribution < 1.29 is 0 Å². The van der Waals surface area contributed by atoms with Gasteiger partial charge in [-0.15, -0.1) is 0 Å². The van der Waals surface area contributed by atoms with Gasteiger partial charge in [0.05, 0.1) is 0 Å². The minimum absolute atomic E-state index is 0.952. The van der Waals surface area contributed by atoms with Gasteiger partial charge in [-0.25, -0.2) is 0 Å². The van der Waals surface area contributed by atoms with Crippen LogP contribution in [-0.4, -0.2) is 49.6 Å². The Hall–Kier alpha value is -0.0800. The van der Waals surface area contributed by atoms with Crippen LogP contribution in [0, 0.1) is 11.8 Å². The molecule has 0 amide bonds. The summed E-state index contributed by atoms with van der Waals surface area (Å²) in [4.78, 5) is 5.18. The molecule has 2 heterocycles. The van der Waals surface area contributed by atoms with Gasteiger partial charge in [0.25, 0.3) is 0 Å². The molecule has 2 nitrogen and oxygen atoms in total. The lowest BCUT2D eigenvalue weighted by Gasteiger charge is -2.33. The molecule has 0 aromatic rings. The number of likely N-dealkylation sites (tertiary alicyclic amines) is 2. The first-order valence-corrected chi connectivity index (χ1v) is 8.68. The summed E-state index contributed by atoms with van der Waals surface area (Å²) < 4.78 is 0. The number of rotatable bonds is 3. The van der Waals surface area contributed by atoms with Crippen molar-refractivity contribution in [2.24, 2.45) is 11.8 Å². The molecular weight excluding hydrogens is 232 g/mol. The van der Waals surface area contributed by atoms with Gasteiger partial charge in [0, 0.05) is 13.1 Å². The maximum Gasteiger partial charge on any atom is 0.00224 e. The molecule has 0 aromatic carbocycles. The molecule has 1 unspecified atom stereocenters. The van der Waals surface area contributed by atoms with E-state index in [1.165, 1.54) is 58.4 Å². The minimum atomic E-state index is 0.952. The molecular formula is C17H38N2. The predicted molar refractivity (Wildman–Crippen MR) is 87.8 cm³/mol. The van der Waals surface area contributed by atoms with Crippen molar-refractivity contribution in [3.05, 3.63) is 0 Å². The van der Waals surface area contributed by atoms with E-state index in [4.69, 9.17) is 0 Å². The molecule has 0 aromatic heterocycles. The zero-order chi connectivity index (χ0) is 14.7. The van der Waals surface area contributed by atoms with Gasteiger partial charge in [-0.3, -0.25) is 0 Å². The average Bonchev–Trinajstić information content (AvgIpc) is 2.89. The standard InChI is InChI=1S/C13H26N2.2C2H6/c1-3-12-5-8-15(9-6-12)11-13-4-7-14(2)10-13;2*1-2/h12-13H,3-11H2,1-2H3;2*1-2H3. The number of hydrogen-bond donors (Lipinski definition) is 0. The summed E-state index contributed by atoms with van der Waals surface area (Å²) in [7, 11) is 2.25. The first-order chi connectivity index (χ1) is 9.28. The SMILES string of the molecule is CC.CC.CCC1CCN(CC2CCN(C)C2)CC1. The molecule has 0 spiro atoms. The highest BCUT2D eigenvalue weighted by atomic mass is 15.2. The molecule has 2 aliphatic heterocycles. The van der Waals surface area contributed by atoms with Gasteiger partial charge >= 0.3 is 0 Å². The summed E-state index contributed by atoms with van der Waals surface area (Å²) in [6, 6.07) is 0. The largest absolute Gasteiger partial charge is 0.306 e. The third-order valence-electron chi connectivity index (χ3n) is 4.29. The Morgan fingerprint density at radius 3 is 1.79 bits per heavy atom. The van der Waals surface area contributed by atoms with Gasteiger partial charge in [-0.2, -0.15) is 0 Å². The highest BCUT2D eigenvalue weighted by Gasteiger charge is 2.24. The molecule has 1 atom stereocenters. The predicted octanol–water partition coefficient (Wildman–Crippen LogP) is 4.11. The average molecular weight is 271 g/mol. The molecule has 2 aliphatic rings. The van der Waals surface area contributed by atoms with Crippen molar-refractivity contribution in [3.63, 3.8) is 0 Å². The lowest BCUT2D eigenvalue weighted by atomic mass is 9.94. The molecule has 0 saturated carbocycles. The van der Waals surface area contributed by atoms with E-state index < -0.39 is 0 Å². The molecule has 116 valence electrons. The van der Waals surface area contributed by atoms with Crippen LogP contribution in [-0.2, 0) is 0 Å². The van der Waals surface area contributed by atoms with Gasteiger partial charge in [-0.05, 0) is 57.8 Å². The second-order valence-electron chi connectivity index (χ2n) is 5.57. The third-order valence-corrected chi connectivity index (χ3v) is 4.29. The van der Waals surface area contributed by atoms with Gasteiger partial charge in [-0.1, -0.05) is 41.0 Å². The topological polar surface area (TPSA) is 6.48 Å². The van der Waals surface area contributed by atoms with Crippen LogP contribution >= 0.6 is 0 Å². The van der Waals surface area contributed by atoms with E-state index in [2.05, 4.69) is 23.8 Å². The van der Waals surface area contributed by atoms with Crippen LogP contribution in [0.1, 0.15) is 60.3 Å². The lowest BCUT2D eigenvalue weighted by Crippen LogP contribution is -2.37. The fraction of sp³-hybridized carbons (Fsp3) is 1.00. The second-order valence-corrected chi connectivity index (χ2v) is 5.57. The van der Waals surface area contributed by atoms with Crippen molar-refractivity contribution in [3.8, 4) is 0 Å². The van der Waals surface area contributed by atoms with E-state index in [1.807, 2.05) is 27.7 Å². The fourth-order valence-corrected chi connectivity index (χ4v) is 3.12. The summed E-state index contributed by atoms with van der Waals surface area (Å²) in [6.45, 7) is 17.1. The van der Waals surface area contributed by atoms with Crippen LogP contribution in [0.15, 0.2) is 0 Å². The first-order valence-electron chi connectivity index (χ1n) is 8.68. The minimum Gasteiger partial charge on any atom is -0.306 e. The van der Waals surface area contributed by atoms with E-state index in [-0.39, 0.29) is 0 Å². The van der Waals surface area contributed by atoms with E-state index >= 15 is 0 Å². The van der Waals surface area contributed by atoms with Crippen LogP contribution in [0.25, 0.3) is 0 Å². The highest BCUT2D eigenvalue weighted by molar-refractivity contribution is 4.79. The van der Waals surface area contributed by atoms with Gasteiger partial charge in [0.15, 0.2) is 0 Å². The van der Waals surface area contributed by atoms with Crippen molar-refractivity contribution in [2.45, 2.75) is 60.3 Å². The van der Waals surface area contributed by atoms with Crippen LogP contribution in [0.2, 0.25) is 0 Å². The quantitative estimate of drug-likeness (QED) is 0.761. The zero-order valence-corrected chi connectivity index (χ0v) is 14.4. The molecule has 0 bridgehead atoms. The molecule has 2 fully saturated rings. The highest BCUT2D eigenvalue weighted by Crippen LogP contribution is 2.22. The Labute approximate surface area is 122 Å². The summed E-state index contributed by atoms with van der Waals surface area (Å²) in [5.74, 6) is 1.97. The van der Waals surface area contributed by atoms with Gasteiger partial charge in [0.1, 0.15) is 0 Å². The van der Waals surface area contributed by atoms with Crippen molar-refractivity contribution >= 4 is 0 Å². The van der Waals surface area contributed by atoms with Crippen LogP contribution in [0.5, 0.6) is 0 Å². The Kier molecular flexibility index (Phi) is 11.7. The third kappa shape index (κ3) is 7.31.